The Morgan fingerprint density at radius 2 is 1.71 bits per heavy atom. The summed E-state index contributed by atoms with van der Waals surface area (Å²) in [6.07, 6.45) is 5.90. The van der Waals surface area contributed by atoms with Crippen LogP contribution in [0.4, 0.5) is 5.69 Å². The van der Waals surface area contributed by atoms with E-state index in [1.54, 1.807) is 27.7 Å². The maximum atomic E-state index is 13.2. The molecule has 2 atom stereocenters. The predicted octanol–water partition coefficient (Wildman–Crippen LogP) is 1.99. The van der Waals surface area contributed by atoms with Crippen LogP contribution in [0.3, 0.4) is 0 Å². The molecule has 8 heteroatoms. The van der Waals surface area contributed by atoms with Crippen molar-refractivity contribution in [2.45, 2.75) is 51.0 Å². The lowest BCUT2D eigenvalue weighted by Gasteiger charge is -2.43. The first-order valence-corrected chi connectivity index (χ1v) is 12.1. The van der Waals surface area contributed by atoms with E-state index in [1.165, 1.54) is 12.1 Å². The fourth-order valence-electron chi connectivity index (χ4n) is 5.77. The average molecular weight is 463 g/mol. The molecule has 0 spiro atoms. The van der Waals surface area contributed by atoms with Gasteiger partial charge in [-0.25, -0.2) is 0 Å². The van der Waals surface area contributed by atoms with Gasteiger partial charge in [0, 0.05) is 42.7 Å². The van der Waals surface area contributed by atoms with Gasteiger partial charge in [-0.3, -0.25) is 14.4 Å². The highest BCUT2D eigenvalue weighted by atomic mass is 16.4. The van der Waals surface area contributed by atoms with Crippen molar-refractivity contribution >= 4 is 23.5 Å². The van der Waals surface area contributed by atoms with Crippen LogP contribution in [0.5, 0.6) is 0 Å². The number of rotatable bonds is 4. The molecule has 0 unspecified atom stereocenters. The number of hydrogen-bond acceptors (Lipinski definition) is 5. The van der Waals surface area contributed by atoms with Crippen molar-refractivity contribution in [3.8, 4) is 0 Å². The fourth-order valence-corrected chi connectivity index (χ4v) is 5.77. The highest BCUT2D eigenvalue weighted by molar-refractivity contribution is 5.97. The summed E-state index contributed by atoms with van der Waals surface area (Å²) in [6.45, 7) is 1.44. The van der Waals surface area contributed by atoms with Gasteiger partial charge in [-0.15, -0.1) is 0 Å². The third kappa shape index (κ3) is 4.24. The van der Waals surface area contributed by atoms with Crippen molar-refractivity contribution < 1.29 is 19.5 Å². The zero-order valence-electron chi connectivity index (χ0n) is 19.0. The first-order valence-electron chi connectivity index (χ1n) is 12.1. The normalized spacial score (nSPS) is 22.1. The van der Waals surface area contributed by atoms with Crippen LogP contribution in [0, 0.1) is 11.8 Å². The number of aromatic carboxylic acids is 1. The zero-order valence-corrected chi connectivity index (χ0v) is 19.0. The van der Waals surface area contributed by atoms with Crippen LogP contribution in [0.2, 0.25) is 0 Å². The summed E-state index contributed by atoms with van der Waals surface area (Å²) in [5.41, 5.74) is 1.31. The summed E-state index contributed by atoms with van der Waals surface area (Å²) >= 11 is 0. The van der Waals surface area contributed by atoms with Crippen LogP contribution >= 0.6 is 0 Å². The molecular formula is C26H28N3O5-. The Morgan fingerprint density at radius 1 is 0.941 bits per heavy atom. The molecule has 1 saturated heterocycles. The van der Waals surface area contributed by atoms with Gasteiger partial charge in [0.25, 0.3) is 11.5 Å². The van der Waals surface area contributed by atoms with E-state index < -0.39 is 5.97 Å². The number of likely N-dealkylation sites (tertiary alicyclic amines) is 1. The van der Waals surface area contributed by atoms with Crippen molar-refractivity contribution in [3.63, 3.8) is 0 Å². The molecule has 3 heterocycles. The van der Waals surface area contributed by atoms with E-state index in [0.717, 1.165) is 44.2 Å². The molecule has 1 aromatic heterocycles. The molecule has 2 fully saturated rings. The minimum Gasteiger partial charge on any atom is -0.545 e. The van der Waals surface area contributed by atoms with Gasteiger partial charge in [0.05, 0.1) is 5.97 Å². The predicted molar refractivity (Wildman–Crippen MR) is 123 cm³/mol. The minimum atomic E-state index is -1.31. The number of carboxylic acids is 1. The van der Waals surface area contributed by atoms with Gasteiger partial charge in [-0.1, -0.05) is 31.4 Å². The van der Waals surface area contributed by atoms with E-state index in [4.69, 9.17) is 0 Å². The van der Waals surface area contributed by atoms with Gasteiger partial charge in [0.2, 0.25) is 5.91 Å². The second kappa shape index (κ2) is 9.08. The van der Waals surface area contributed by atoms with Gasteiger partial charge in [-0.2, -0.15) is 0 Å². The van der Waals surface area contributed by atoms with E-state index >= 15 is 0 Å². The number of aromatic nitrogens is 1. The molecule has 1 aromatic carbocycles. The van der Waals surface area contributed by atoms with Gasteiger partial charge in [0.1, 0.15) is 5.69 Å². The van der Waals surface area contributed by atoms with Gasteiger partial charge in [-0.05, 0) is 55.0 Å². The molecule has 0 radical (unpaired) electrons. The number of benzene rings is 1. The number of pyridine rings is 1. The second-order valence-electron chi connectivity index (χ2n) is 9.79. The average Bonchev–Trinajstić information content (AvgIpc) is 2.86. The lowest BCUT2D eigenvalue weighted by atomic mass is 9.83. The molecule has 1 aliphatic carbocycles. The number of nitrogens with one attached hydrogen (secondary N) is 1. The minimum absolute atomic E-state index is 0.0107. The number of anilines is 1. The van der Waals surface area contributed by atoms with Crippen molar-refractivity contribution in [1.82, 2.24) is 9.47 Å². The summed E-state index contributed by atoms with van der Waals surface area (Å²) in [7, 11) is 0. The lowest BCUT2D eigenvalue weighted by molar-refractivity contribution is -0.255. The van der Waals surface area contributed by atoms with Gasteiger partial charge >= 0.3 is 0 Å². The largest absolute Gasteiger partial charge is 0.545 e. The molecule has 2 aromatic rings. The van der Waals surface area contributed by atoms with Crippen molar-refractivity contribution in [2.24, 2.45) is 11.8 Å². The Kier molecular flexibility index (Phi) is 5.98. The fraction of sp³-hybridized carbons (Fsp3) is 0.462. The second-order valence-corrected chi connectivity index (χ2v) is 9.79. The molecule has 1 N–H and O–H groups in total. The van der Waals surface area contributed by atoms with Crippen molar-refractivity contribution in [2.75, 3.05) is 18.4 Å². The van der Waals surface area contributed by atoms with Crippen LogP contribution in [0.25, 0.3) is 0 Å². The summed E-state index contributed by atoms with van der Waals surface area (Å²) in [5, 5.41) is 14.0. The SMILES string of the molecule is O=C([O-])c1cccc(C(=O)N2C[C@@H]3C[C@H](C2)c2ccc(NC(=O)C4CCCCC4)c(=O)n2C3)c1. The lowest BCUT2D eigenvalue weighted by Crippen LogP contribution is -2.49. The Morgan fingerprint density at radius 3 is 2.47 bits per heavy atom. The number of fused-ring (bicyclic) bond motifs is 4. The van der Waals surface area contributed by atoms with Crippen molar-refractivity contribution in [3.05, 3.63) is 63.6 Å². The van der Waals surface area contributed by atoms with E-state index in [0.29, 0.717) is 30.9 Å². The smallest absolute Gasteiger partial charge is 0.274 e. The number of nitrogens with zero attached hydrogens (tertiary/aromatic N) is 2. The molecule has 5 rings (SSSR count). The first kappa shape index (κ1) is 22.4. The number of amides is 2. The Bertz CT molecular complexity index is 1200. The maximum Gasteiger partial charge on any atom is 0.274 e. The molecular weight excluding hydrogens is 434 g/mol. The van der Waals surface area contributed by atoms with Crippen LogP contribution in [-0.2, 0) is 11.3 Å². The quantitative estimate of drug-likeness (QED) is 0.747. The third-order valence-electron chi connectivity index (χ3n) is 7.47. The Balaban J connectivity index is 1.34. The van der Waals surface area contributed by atoms with E-state index in [-0.39, 0.29) is 40.7 Å². The molecule has 8 nitrogen and oxygen atoms in total. The number of carbonyl (C=O) groups excluding carboxylic acids is 3. The number of carboxylic acid groups (broad SMARTS) is 1. The molecule has 2 bridgehead atoms. The van der Waals surface area contributed by atoms with Crippen LogP contribution < -0.4 is 16.0 Å². The van der Waals surface area contributed by atoms with Crippen molar-refractivity contribution in [1.29, 1.82) is 0 Å². The summed E-state index contributed by atoms with van der Waals surface area (Å²) < 4.78 is 1.76. The van der Waals surface area contributed by atoms with Crippen LogP contribution in [0.15, 0.2) is 41.2 Å². The summed E-state index contributed by atoms with van der Waals surface area (Å²) in [4.78, 5) is 51.9. The molecule has 3 aliphatic rings. The summed E-state index contributed by atoms with van der Waals surface area (Å²) in [6, 6.07) is 9.49. The highest BCUT2D eigenvalue weighted by Crippen LogP contribution is 2.36. The van der Waals surface area contributed by atoms with E-state index in [1.807, 2.05) is 6.07 Å². The van der Waals surface area contributed by atoms with Crippen LogP contribution in [0.1, 0.15) is 70.9 Å². The third-order valence-corrected chi connectivity index (χ3v) is 7.47. The number of piperidine rings is 1. The molecule has 2 aliphatic heterocycles. The van der Waals surface area contributed by atoms with Gasteiger partial charge < -0.3 is 24.7 Å². The van der Waals surface area contributed by atoms with Crippen LogP contribution in [-0.4, -0.2) is 40.3 Å². The first-order chi connectivity index (χ1) is 16.4. The number of hydrogen-bond donors (Lipinski definition) is 1. The number of carbonyl (C=O) groups is 3. The highest BCUT2D eigenvalue weighted by Gasteiger charge is 2.37. The maximum absolute atomic E-state index is 13.2. The standard InChI is InChI=1S/C26H29N3O5/c30-23(17-5-2-1-3-6-17)27-21-9-10-22-20-11-16(14-29(22)25(21)32)13-28(15-20)24(31)18-7-4-8-19(12-18)26(33)34/h4,7-10,12,16-17,20H,1-3,5-6,11,13-15H2,(H,27,30)(H,33,34)/p-1/t16-,20+/m0/s1. The van der Waals surface area contributed by atoms with E-state index in [9.17, 15) is 24.3 Å². The van der Waals surface area contributed by atoms with E-state index in [2.05, 4.69) is 5.32 Å². The Labute approximate surface area is 197 Å². The monoisotopic (exact) mass is 462 g/mol. The zero-order chi connectivity index (χ0) is 23.8. The topological polar surface area (TPSA) is 112 Å². The Hall–Kier alpha value is -3.42. The van der Waals surface area contributed by atoms with Gasteiger partial charge in [0.15, 0.2) is 0 Å². The molecule has 34 heavy (non-hydrogen) atoms. The summed E-state index contributed by atoms with van der Waals surface area (Å²) in [5.74, 6) is -1.50. The molecule has 178 valence electrons. The molecule has 2 amide bonds. The molecule has 1 saturated carbocycles.